The third-order valence-corrected chi connectivity index (χ3v) is 3.55. The van der Waals surface area contributed by atoms with Gasteiger partial charge in [0.05, 0.1) is 5.56 Å². The van der Waals surface area contributed by atoms with Crippen LogP contribution in [0.15, 0.2) is 84.3 Å². The third-order valence-electron chi connectivity index (χ3n) is 3.30. The Labute approximate surface area is 144 Å². The van der Waals surface area contributed by atoms with Crippen LogP contribution in [0.1, 0.15) is 21.5 Å². The van der Waals surface area contributed by atoms with Crippen LogP contribution in [0.2, 0.25) is 5.02 Å². The van der Waals surface area contributed by atoms with Crippen molar-refractivity contribution >= 4 is 23.3 Å². The Kier molecular flexibility index (Phi) is 4.99. The highest BCUT2D eigenvalue weighted by Gasteiger charge is 2.11. The first-order chi connectivity index (χ1) is 11.7. The molecule has 0 spiro atoms. The van der Waals surface area contributed by atoms with Crippen molar-refractivity contribution in [3.05, 3.63) is 101 Å². The molecule has 0 bridgehead atoms. The number of oxime groups is 1. The summed E-state index contributed by atoms with van der Waals surface area (Å²) in [6.45, 7) is 0. The van der Waals surface area contributed by atoms with Gasteiger partial charge in [0.15, 0.2) is 0 Å². The molecule has 0 fully saturated rings. The lowest BCUT2D eigenvalue weighted by Gasteiger charge is -2.06. The van der Waals surface area contributed by atoms with Crippen LogP contribution < -0.4 is 0 Å². The molecule has 5 heteroatoms. The predicted molar refractivity (Wildman–Crippen MR) is 93.2 cm³/mol. The SMILES string of the molecule is O=C(ON=C(c1ccccc1)c1ccncc1)c1ccc(Cl)cc1. The van der Waals surface area contributed by atoms with Gasteiger partial charge in [-0.15, -0.1) is 0 Å². The van der Waals surface area contributed by atoms with Gasteiger partial charge in [-0.1, -0.05) is 47.1 Å². The minimum atomic E-state index is -0.547. The van der Waals surface area contributed by atoms with Crippen molar-refractivity contribution < 1.29 is 9.63 Å². The maximum Gasteiger partial charge on any atom is 0.365 e. The fourth-order valence-corrected chi connectivity index (χ4v) is 2.23. The molecule has 0 unspecified atom stereocenters. The lowest BCUT2D eigenvalue weighted by molar-refractivity contribution is 0.0517. The van der Waals surface area contributed by atoms with E-state index in [0.29, 0.717) is 16.3 Å². The summed E-state index contributed by atoms with van der Waals surface area (Å²) in [6, 6.07) is 19.6. The lowest BCUT2D eigenvalue weighted by atomic mass is 10.0. The summed E-state index contributed by atoms with van der Waals surface area (Å²) in [4.78, 5) is 21.3. The molecule has 0 atom stereocenters. The van der Waals surface area contributed by atoms with Crippen LogP contribution in [0.3, 0.4) is 0 Å². The van der Waals surface area contributed by atoms with E-state index in [1.165, 1.54) is 0 Å². The Morgan fingerprint density at radius 2 is 1.46 bits per heavy atom. The van der Waals surface area contributed by atoms with E-state index in [1.54, 1.807) is 36.7 Å². The van der Waals surface area contributed by atoms with E-state index in [-0.39, 0.29) is 0 Å². The number of rotatable bonds is 4. The molecular weight excluding hydrogens is 324 g/mol. The van der Waals surface area contributed by atoms with Gasteiger partial charge in [0.2, 0.25) is 0 Å². The molecule has 3 rings (SSSR count). The molecule has 1 heterocycles. The molecule has 24 heavy (non-hydrogen) atoms. The van der Waals surface area contributed by atoms with Gasteiger partial charge in [0.1, 0.15) is 5.71 Å². The van der Waals surface area contributed by atoms with Crippen LogP contribution in [0.25, 0.3) is 0 Å². The maximum absolute atomic E-state index is 12.1. The smallest absolute Gasteiger partial charge is 0.312 e. The average Bonchev–Trinajstić information content (AvgIpc) is 2.64. The van der Waals surface area contributed by atoms with Gasteiger partial charge in [0, 0.05) is 28.5 Å². The number of pyridine rings is 1. The standard InChI is InChI=1S/C19H13ClN2O2/c20-17-8-6-16(7-9-17)19(23)24-22-18(14-4-2-1-3-5-14)15-10-12-21-13-11-15/h1-13H. The molecule has 0 amide bonds. The van der Waals surface area contributed by atoms with Crippen molar-refractivity contribution in [1.82, 2.24) is 4.98 Å². The Hall–Kier alpha value is -2.98. The molecule has 0 saturated heterocycles. The van der Waals surface area contributed by atoms with Crippen LogP contribution in [0.5, 0.6) is 0 Å². The molecule has 0 aliphatic heterocycles. The van der Waals surface area contributed by atoms with Crippen molar-refractivity contribution in [2.45, 2.75) is 0 Å². The highest BCUT2D eigenvalue weighted by atomic mass is 35.5. The summed E-state index contributed by atoms with van der Waals surface area (Å²) < 4.78 is 0. The number of carbonyl (C=O) groups is 1. The second-order valence-corrected chi connectivity index (χ2v) is 5.36. The van der Waals surface area contributed by atoms with Crippen LogP contribution in [0.4, 0.5) is 0 Å². The van der Waals surface area contributed by atoms with E-state index < -0.39 is 5.97 Å². The molecule has 0 radical (unpaired) electrons. The zero-order valence-corrected chi connectivity index (χ0v) is 13.4. The van der Waals surface area contributed by atoms with Gasteiger partial charge in [-0.2, -0.15) is 0 Å². The summed E-state index contributed by atoms with van der Waals surface area (Å²) >= 11 is 5.82. The van der Waals surface area contributed by atoms with Gasteiger partial charge in [-0.05, 0) is 36.4 Å². The molecule has 118 valence electrons. The minimum absolute atomic E-state index is 0.380. The quantitative estimate of drug-likeness (QED) is 0.404. The summed E-state index contributed by atoms with van der Waals surface area (Å²) in [5.74, 6) is -0.547. The number of carbonyl (C=O) groups excluding carboxylic acids is 1. The van der Waals surface area contributed by atoms with E-state index in [4.69, 9.17) is 16.4 Å². The molecule has 0 aliphatic rings. The number of halogens is 1. The number of nitrogens with zero attached hydrogens (tertiary/aromatic N) is 2. The van der Waals surface area contributed by atoms with Crippen LogP contribution in [0, 0.1) is 0 Å². The first-order valence-electron chi connectivity index (χ1n) is 7.25. The largest absolute Gasteiger partial charge is 0.365 e. The molecule has 0 aliphatic carbocycles. The Morgan fingerprint density at radius 3 is 2.12 bits per heavy atom. The van der Waals surface area contributed by atoms with E-state index in [9.17, 15) is 4.79 Å². The minimum Gasteiger partial charge on any atom is -0.312 e. The number of hydrogen-bond donors (Lipinski definition) is 0. The fraction of sp³-hybridized carbons (Fsp3) is 0. The average molecular weight is 337 g/mol. The van der Waals surface area contributed by atoms with E-state index in [2.05, 4.69) is 10.1 Å². The van der Waals surface area contributed by atoms with E-state index in [1.807, 2.05) is 42.5 Å². The van der Waals surface area contributed by atoms with Crippen LogP contribution in [-0.2, 0) is 4.84 Å². The molecule has 1 aromatic heterocycles. The lowest BCUT2D eigenvalue weighted by Crippen LogP contribution is -2.08. The number of aromatic nitrogens is 1. The topological polar surface area (TPSA) is 51.5 Å². The summed E-state index contributed by atoms with van der Waals surface area (Å²) in [7, 11) is 0. The summed E-state index contributed by atoms with van der Waals surface area (Å²) in [5, 5.41) is 4.62. The van der Waals surface area contributed by atoms with Crippen molar-refractivity contribution in [2.24, 2.45) is 5.16 Å². The highest BCUT2D eigenvalue weighted by Crippen LogP contribution is 2.13. The fourth-order valence-electron chi connectivity index (χ4n) is 2.10. The van der Waals surface area contributed by atoms with Gasteiger partial charge < -0.3 is 4.84 Å². The van der Waals surface area contributed by atoms with Gasteiger partial charge in [-0.25, -0.2) is 4.79 Å². The van der Waals surface area contributed by atoms with Crippen LogP contribution in [-0.4, -0.2) is 16.7 Å². The Bertz CT molecular complexity index is 806. The van der Waals surface area contributed by atoms with Gasteiger partial charge >= 0.3 is 5.97 Å². The van der Waals surface area contributed by atoms with Gasteiger partial charge in [0.25, 0.3) is 0 Å². The number of benzene rings is 2. The Balaban J connectivity index is 1.90. The van der Waals surface area contributed by atoms with Crippen molar-refractivity contribution in [1.29, 1.82) is 0 Å². The van der Waals surface area contributed by atoms with E-state index >= 15 is 0 Å². The van der Waals surface area contributed by atoms with Crippen molar-refractivity contribution in [2.75, 3.05) is 0 Å². The first-order valence-corrected chi connectivity index (χ1v) is 7.62. The monoisotopic (exact) mass is 336 g/mol. The van der Waals surface area contributed by atoms with Crippen LogP contribution >= 0.6 is 11.6 Å². The van der Waals surface area contributed by atoms with E-state index in [0.717, 1.165) is 11.1 Å². The first kappa shape index (κ1) is 15.9. The zero-order chi connectivity index (χ0) is 16.8. The molecule has 2 aromatic carbocycles. The zero-order valence-electron chi connectivity index (χ0n) is 12.6. The Morgan fingerprint density at radius 1 is 0.833 bits per heavy atom. The predicted octanol–water partition coefficient (Wildman–Crippen LogP) is 4.34. The molecule has 4 nitrogen and oxygen atoms in total. The maximum atomic E-state index is 12.1. The molecule has 0 N–H and O–H groups in total. The second-order valence-electron chi connectivity index (χ2n) is 4.93. The van der Waals surface area contributed by atoms with Gasteiger partial charge in [-0.3, -0.25) is 4.98 Å². The summed E-state index contributed by atoms with van der Waals surface area (Å²) in [5.41, 5.74) is 2.58. The molecule has 3 aromatic rings. The number of hydrogen-bond acceptors (Lipinski definition) is 4. The third kappa shape index (κ3) is 3.86. The summed E-state index contributed by atoms with van der Waals surface area (Å²) in [6.07, 6.45) is 3.32. The van der Waals surface area contributed by atoms with Crippen molar-refractivity contribution in [3.8, 4) is 0 Å². The molecule has 0 saturated carbocycles. The highest BCUT2D eigenvalue weighted by molar-refractivity contribution is 6.30. The van der Waals surface area contributed by atoms with Crippen molar-refractivity contribution in [3.63, 3.8) is 0 Å². The molecular formula is C19H13ClN2O2. The normalized spacial score (nSPS) is 11.1. The second kappa shape index (κ2) is 7.53.